The summed E-state index contributed by atoms with van der Waals surface area (Å²) in [5.41, 5.74) is 2.50. The Kier molecular flexibility index (Phi) is 5.25. The van der Waals surface area contributed by atoms with Crippen LogP contribution in [-0.4, -0.2) is 31.9 Å². The molecule has 25 heavy (non-hydrogen) atoms. The summed E-state index contributed by atoms with van der Waals surface area (Å²) in [6.07, 6.45) is 0. The Bertz CT molecular complexity index is 819. The summed E-state index contributed by atoms with van der Waals surface area (Å²) in [5.74, 6) is 1.39. The minimum atomic E-state index is -0.125. The lowest BCUT2D eigenvalue weighted by Gasteiger charge is -2.17. The van der Waals surface area contributed by atoms with Gasteiger partial charge in [-0.15, -0.1) is 5.10 Å². The van der Waals surface area contributed by atoms with Gasteiger partial charge in [0.15, 0.2) is 5.82 Å². The minimum absolute atomic E-state index is 0.0824. The Morgan fingerprint density at radius 1 is 1.20 bits per heavy atom. The van der Waals surface area contributed by atoms with Gasteiger partial charge in [0, 0.05) is 11.3 Å². The maximum atomic E-state index is 9.54. The number of nitrogens with one attached hydrogen (secondary N) is 1. The zero-order valence-electron chi connectivity index (χ0n) is 14.3. The number of benzene rings is 2. The van der Waals surface area contributed by atoms with E-state index in [1.807, 2.05) is 62.4 Å². The minimum Gasteiger partial charge on any atom is -0.494 e. The maximum Gasteiger partial charge on any atom is 0.178 e. The second-order valence-electron chi connectivity index (χ2n) is 5.56. The van der Waals surface area contributed by atoms with E-state index >= 15 is 0 Å². The number of hydrogen-bond donors (Lipinski definition) is 2. The highest BCUT2D eigenvalue weighted by Crippen LogP contribution is 2.26. The predicted octanol–water partition coefficient (Wildman–Crippen LogP) is 2.73. The van der Waals surface area contributed by atoms with Crippen molar-refractivity contribution in [3.05, 3.63) is 59.9 Å². The molecule has 3 aromatic rings. The van der Waals surface area contributed by atoms with Crippen LogP contribution in [0.5, 0.6) is 5.75 Å². The van der Waals surface area contributed by atoms with Gasteiger partial charge in [0.25, 0.3) is 0 Å². The van der Waals surface area contributed by atoms with Crippen molar-refractivity contribution in [2.24, 2.45) is 0 Å². The topological polar surface area (TPSA) is 85.1 Å². The fraction of sp³-hybridized carbons (Fsp3) is 0.278. The number of tetrazole rings is 1. The normalized spacial score (nSPS) is 12.0. The Hall–Kier alpha value is -2.93. The first kappa shape index (κ1) is 16.9. The number of hydrogen-bond acceptors (Lipinski definition) is 6. The summed E-state index contributed by atoms with van der Waals surface area (Å²) in [6, 6.07) is 15.3. The van der Waals surface area contributed by atoms with Crippen LogP contribution in [-0.2, 0) is 6.61 Å². The van der Waals surface area contributed by atoms with Gasteiger partial charge in [-0.3, -0.25) is 0 Å². The number of anilines is 1. The van der Waals surface area contributed by atoms with Gasteiger partial charge in [0.1, 0.15) is 5.75 Å². The highest BCUT2D eigenvalue weighted by atomic mass is 16.5. The number of aliphatic hydroxyl groups excluding tert-OH is 1. The first-order valence-corrected chi connectivity index (χ1v) is 8.19. The van der Waals surface area contributed by atoms with Crippen molar-refractivity contribution in [1.29, 1.82) is 0 Å². The van der Waals surface area contributed by atoms with Crippen molar-refractivity contribution in [2.45, 2.75) is 26.5 Å². The summed E-state index contributed by atoms with van der Waals surface area (Å²) in [5, 5.41) is 24.9. The van der Waals surface area contributed by atoms with Crippen LogP contribution >= 0.6 is 0 Å². The Morgan fingerprint density at radius 3 is 2.72 bits per heavy atom. The molecule has 0 bridgehead atoms. The molecule has 0 fully saturated rings. The second-order valence-corrected chi connectivity index (χ2v) is 5.56. The van der Waals surface area contributed by atoms with Crippen molar-refractivity contribution >= 4 is 5.69 Å². The molecular weight excluding hydrogens is 318 g/mol. The van der Waals surface area contributed by atoms with Crippen LogP contribution in [0, 0.1) is 0 Å². The molecule has 0 saturated carbocycles. The molecule has 1 atom stereocenters. The quantitative estimate of drug-likeness (QED) is 0.688. The zero-order chi connectivity index (χ0) is 17.6. The van der Waals surface area contributed by atoms with E-state index in [0.717, 1.165) is 16.9 Å². The fourth-order valence-electron chi connectivity index (χ4n) is 2.62. The molecule has 0 radical (unpaired) electrons. The lowest BCUT2D eigenvalue weighted by Crippen LogP contribution is -2.14. The molecule has 130 valence electrons. The molecule has 7 nitrogen and oxygen atoms in total. The van der Waals surface area contributed by atoms with Gasteiger partial charge in [0.2, 0.25) is 0 Å². The van der Waals surface area contributed by atoms with E-state index < -0.39 is 0 Å². The monoisotopic (exact) mass is 339 g/mol. The second kappa shape index (κ2) is 7.76. The lowest BCUT2D eigenvalue weighted by molar-refractivity contribution is 0.267. The molecule has 2 aromatic carbocycles. The Balaban J connectivity index is 1.82. The molecule has 0 aliphatic rings. The predicted molar refractivity (Wildman–Crippen MR) is 94.7 cm³/mol. The fourth-order valence-corrected chi connectivity index (χ4v) is 2.62. The standard InChI is InChI=1S/C18H21N5O2/c1-3-25-17-10-9-15(11-14(17)12-24)19-13(2)18-20-21-22-23(18)16-7-5-4-6-8-16/h4-11,13,19,24H,3,12H2,1-2H3/t13-/m0/s1. The smallest absolute Gasteiger partial charge is 0.178 e. The third-order valence-corrected chi connectivity index (χ3v) is 3.80. The summed E-state index contributed by atoms with van der Waals surface area (Å²) in [6.45, 7) is 4.38. The third-order valence-electron chi connectivity index (χ3n) is 3.80. The number of ether oxygens (including phenoxy) is 1. The maximum absolute atomic E-state index is 9.54. The molecule has 0 spiro atoms. The summed E-state index contributed by atoms with van der Waals surface area (Å²) < 4.78 is 7.22. The summed E-state index contributed by atoms with van der Waals surface area (Å²) in [4.78, 5) is 0. The van der Waals surface area contributed by atoms with E-state index in [0.29, 0.717) is 18.2 Å². The van der Waals surface area contributed by atoms with Crippen molar-refractivity contribution < 1.29 is 9.84 Å². The lowest BCUT2D eigenvalue weighted by atomic mass is 10.1. The van der Waals surface area contributed by atoms with Crippen molar-refractivity contribution in [3.63, 3.8) is 0 Å². The SMILES string of the molecule is CCOc1ccc(N[C@@H](C)c2nnnn2-c2ccccc2)cc1CO. The number of aliphatic hydroxyl groups is 1. The van der Waals surface area contributed by atoms with Crippen LogP contribution in [0.3, 0.4) is 0 Å². The molecule has 0 saturated heterocycles. The molecular formula is C18H21N5O2. The highest BCUT2D eigenvalue weighted by molar-refractivity contribution is 5.52. The molecule has 1 aromatic heterocycles. The molecule has 0 aliphatic carbocycles. The third kappa shape index (κ3) is 3.77. The summed E-state index contributed by atoms with van der Waals surface area (Å²) >= 11 is 0. The van der Waals surface area contributed by atoms with E-state index in [4.69, 9.17) is 4.74 Å². The molecule has 0 amide bonds. The van der Waals surface area contributed by atoms with E-state index in [9.17, 15) is 5.11 Å². The molecule has 3 rings (SSSR count). The van der Waals surface area contributed by atoms with Gasteiger partial charge in [0.05, 0.1) is 24.9 Å². The van der Waals surface area contributed by atoms with Gasteiger partial charge < -0.3 is 15.2 Å². The molecule has 0 unspecified atom stereocenters. The Labute approximate surface area is 146 Å². The van der Waals surface area contributed by atoms with E-state index in [1.165, 1.54) is 0 Å². The van der Waals surface area contributed by atoms with Crippen LogP contribution in [0.1, 0.15) is 31.3 Å². The van der Waals surface area contributed by atoms with Crippen LogP contribution in [0.2, 0.25) is 0 Å². The van der Waals surface area contributed by atoms with Crippen LogP contribution in [0.25, 0.3) is 5.69 Å². The summed E-state index contributed by atoms with van der Waals surface area (Å²) in [7, 11) is 0. The van der Waals surface area contributed by atoms with Crippen LogP contribution in [0.15, 0.2) is 48.5 Å². The highest BCUT2D eigenvalue weighted by Gasteiger charge is 2.16. The molecule has 2 N–H and O–H groups in total. The number of rotatable bonds is 7. The van der Waals surface area contributed by atoms with Crippen molar-refractivity contribution in [1.82, 2.24) is 20.2 Å². The average Bonchev–Trinajstić information content (AvgIpc) is 3.14. The number of para-hydroxylation sites is 1. The van der Waals surface area contributed by atoms with E-state index in [-0.39, 0.29) is 12.6 Å². The first-order chi connectivity index (χ1) is 12.2. The van der Waals surface area contributed by atoms with Gasteiger partial charge >= 0.3 is 0 Å². The zero-order valence-corrected chi connectivity index (χ0v) is 14.3. The first-order valence-electron chi connectivity index (χ1n) is 8.19. The number of aromatic nitrogens is 4. The Morgan fingerprint density at radius 2 is 2.00 bits per heavy atom. The van der Waals surface area contributed by atoms with Gasteiger partial charge in [-0.25, -0.2) is 0 Å². The van der Waals surface area contributed by atoms with Gasteiger partial charge in [-0.1, -0.05) is 18.2 Å². The molecule has 0 aliphatic heterocycles. The average molecular weight is 339 g/mol. The molecule has 7 heteroatoms. The van der Waals surface area contributed by atoms with Crippen molar-refractivity contribution in [3.8, 4) is 11.4 Å². The molecule has 1 heterocycles. The van der Waals surface area contributed by atoms with E-state index in [1.54, 1.807) is 4.68 Å². The van der Waals surface area contributed by atoms with Crippen LogP contribution < -0.4 is 10.1 Å². The number of nitrogens with zero attached hydrogens (tertiary/aromatic N) is 4. The van der Waals surface area contributed by atoms with Crippen molar-refractivity contribution in [2.75, 3.05) is 11.9 Å². The van der Waals surface area contributed by atoms with Crippen LogP contribution in [0.4, 0.5) is 5.69 Å². The van der Waals surface area contributed by atoms with E-state index in [2.05, 4.69) is 20.8 Å². The largest absolute Gasteiger partial charge is 0.494 e. The van der Waals surface area contributed by atoms with Gasteiger partial charge in [-0.2, -0.15) is 4.68 Å². The van der Waals surface area contributed by atoms with Gasteiger partial charge in [-0.05, 0) is 54.6 Å².